The lowest BCUT2D eigenvalue weighted by molar-refractivity contribution is 0.100. The van der Waals surface area contributed by atoms with Gasteiger partial charge in [-0.05, 0) is 40.2 Å². The van der Waals surface area contributed by atoms with Crippen LogP contribution in [0.4, 0.5) is 5.69 Å². The summed E-state index contributed by atoms with van der Waals surface area (Å²) in [5.74, 6) is -0.946. The highest BCUT2D eigenvalue weighted by atomic mass is 79.9. The summed E-state index contributed by atoms with van der Waals surface area (Å²) < 4.78 is 0.640. The lowest BCUT2D eigenvalue weighted by Crippen LogP contribution is -2.18. The number of hydrogen-bond acceptors (Lipinski definition) is 3. The predicted octanol–water partition coefficient (Wildman–Crippen LogP) is 2.20. The maximum Gasteiger partial charge on any atom is 0.257 e. The third-order valence-corrected chi connectivity index (χ3v) is 2.90. The second-order valence-electron chi connectivity index (χ2n) is 3.73. The van der Waals surface area contributed by atoms with Crippen LogP contribution in [0.3, 0.4) is 0 Å². The molecule has 0 saturated carbocycles. The number of pyridine rings is 1. The van der Waals surface area contributed by atoms with Crippen molar-refractivity contribution in [3.05, 3.63) is 58.3 Å². The predicted molar refractivity (Wildman–Crippen MR) is 74.9 cm³/mol. The number of rotatable bonds is 3. The Balaban J connectivity index is 2.24. The van der Waals surface area contributed by atoms with E-state index in [1.54, 1.807) is 36.4 Å². The van der Waals surface area contributed by atoms with Gasteiger partial charge in [-0.15, -0.1) is 0 Å². The molecule has 1 aromatic heterocycles. The monoisotopic (exact) mass is 319 g/mol. The topological polar surface area (TPSA) is 85.1 Å². The Morgan fingerprint density at radius 2 is 1.89 bits per heavy atom. The molecule has 0 bridgehead atoms. The van der Waals surface area contributed by atoms with E-state index in [1.165, 1.54) is 6.20 Å². The molecule has 6 heteroatoms. The Morgan fingerprint density at radius 1 is 1.16 bits per heavy atom. The van der Waals surface area contributed by atoms with Crippen molar-refractivity contribution in [3.63, 3.8) is 0 Å². The molecule has 0 spiro atoms. The van der Waals surface area contributed by atoms with E-state index in [0.29, 0.717) is 15.9 Å². The van der Waals surface area contributed by atoms with Crippen LogP contribution in [0.15, 0.2) is 47.2 Å². The largest absolute Gasteiger partial charge is 0.366 e. The average molecular weight is 320 g/mol. The molecular weight excluding hydrogens is 310 g/mol. The van der Waals surface area contributed by atoms with E-state index in [9.17, 15) is 9.59 Å². The van der Waals surface area contributed by atoms with Crippen LogP contribution >= 0.6 is 15.9 Å². The van der Waals surface area contributed by atoms with Gasteiger partial charge in [-0.25, -0.2) is 4.98 Å². The molecule has 96 valence electrons. The smallest absolute Gasteiger partial charge is 0.257 e. The van der Waals surface area contributed by atoms with Crippen molar-refractivity contribution in [3.8, 4) is 0 Å². The van der Waals surface area contributed by atoms with Crippen molar-refractivity contribution in [2.75, 3.05) is 5.32 Å². The van der Waals surface area contributed by atoms with E-state index < -0.39 is 5.91 Å². The molecule has 2 rings (SSSR count). The maximum absolute atomic E-state index is 12.0. The Kier molecular flexibility index (Phi) is 3.91. The minimum Gasteiger partial charge on any atom is -0.366 e. The number of anilines is 1. The van der Waals surface area contributed by atoms with Crippen LogP contribution in [-0.2, 0) is 0 Å². The number of halogens is 1. The van der Waals surface area contributed by atoms with Crippen LogP contribution in [0, 0.1) is 0 Å². The van der Waals surface area contributed by atoms with E-state index >= 15 is 0 Å². The average Bonchev–Trinajstić information content (AvgIpc) is 2.39. The summed E-state index contributed by atoms with van der Waals surface area (Å²) in [6.07, 6.45) is 1.44. The number of nitrogens with two attached hydrogens (primary N) is 1. The summed E-state index contributed by atoms with van der Waals surface area (Å²) >= 11 is 3.19. The van der Waals surface area contributed by atoms with Crippen LogP contribution < -0.4 is 11.1 Å². The van der Waals surface area contributed by atoms with Crippen LogP contribution in [0.1, 0.15) is 20.7 Å². The van der Waals surface area contributed by atoms with E-state index in [2.05, 4.69) is 26.2 Å². The molecule has 1 heterocycles. The van der Waals surface area contributed by atoms with Gasteiger partial charge in [-0.3, -0.25) is 9.59 Å². The van der Waals surface area contributed by atoms with E-state index in [0.717, 1.165) is 0 Å². The Morgan fingerprint density at radius 3 is 2.53 bits per heavy atom. The number of amides is 2. The van der Waals surface area contributed by atoms with Crippen molar-refractivity contribution in [1.82, 2.24) is 4.98 Å². The summed E-state index contributed by atoms with van der Waals surface area (Å²) in [7, 11) is 0. The fraction of sp³-hybridized carbons (Fsp3) is 0. The minimum absolute atomic E-state index is 0.265. The molecule has 3 N–H and O–H groups in total. The lowest BCUT2D eigenvalue weighted by Gasteiger charge is -2.08. The normalized spacial score (nSPS) is 9.95. The molecule has 0 unspecified atom stereocenters. The highest BCUT2D eigenvalue weighted by molar-refractivity contribution is 9.10. The molecule has 0 aliphatic carbocycles. The Labute approximate surface area is 118 Å². The van der Waals surface area contributed by atoms with Gasteiger partial charge in [0.15, 0.2) is 0 Å². The van der Waals surface area contributed by atoms with Gasteiger partial charge in [0.05, 0.1) is 16.8 Å². The zero-order chi connectivity index (χ0) is 13.8. The third kappa shape index (κ3) is 3.17. The number of aromatic nitrogens is 1. The van der Waals surface area contributed by atoms with Crippen molar-refractivity contribution in [2.24, 2.45) is 5.73 Å². The van der Waals surface area contributed by atoms with Gasteiger partial charge in [-0.1, -0.05) is 12.1 Å². The molecule has 2 aromatic rings. The summed E-state index contributed by atoms with van der Waals surface area (Å²) in [6.45, 7) is 0. The number of primary amides is 1. The number of para-hydroxylation sites is 1. The second kappa shape index (κ2) is 5.62. The van der Waals surface area contributed by atoms with Gasteiger partial charge in [-0.2, -0.15) is 0 Å². The number of nitrogens with one attached hydrogen (secondary N) is 1. The first-order valence-electron chi connectivity index (χ1n) is 5.39. The number of carbonyl (C=O) groups excluding carboxylic acids is 2. The molecule has 0 fully saturated rings. The fourth-order valence-corrected chi connectivity index (χ4v) is 1.75. The van der Waals surface area contributed by atoms with E-state index in [4.69, 9.17) is 5.73 Å². The van der Waals surface area contributed by atoms with Crippen molar-refractivity contribution < 1.29 is 9.59 Å². The first-order chi connectivity index (χ1) is 9.08. The number of nitrogens with zero attached hydrogens (tertiary/aromatic N) is 1. The molecule has 0 saturated heterocycles. The SMILES string of the molecule is NC(=O)c1ccccc1NC(=O)c1ccc(Br)nc1. The standard InChI is InChI=1S/C13H10BrN3O2/c14-11-6-5-8(7-16-11)13(19)17-10-4-2-1-3-9(10)12(15)18/h1-7H,(H2,15,18)(H,17,19). The van der Waals surface area contributed by atoms with E-state index in [-0.39, 0.29) is 11.5 Å². The lowest BCUT2D eigenvalue weighted by atomic mass is 10.1. The third-order valence-electron chi connectivity index (χ3n) is 2.43. The van der Waals surface area contributed by atoms with Crippen LogP contribution in [0.2, 0.25) is 0 Å². The van der Waals surface area contributed by atoms with E-state index in [1.807, 2.05) is 0 Å². The Bertz CT molecular complexity index is 626. The van der Waals surface area contributed by atoms with Gasteiger partial charge in [0.25, 0.3) is 11.8 Å². The molecule has 19 heavy (non-hydrogen) atoms. The van der Waals surface area contributed by atoms with Gasteiger partial charge >= 0.3 is 0 Å². The van der Waals surface area contributed by atoms with Gasteiger partial charge in [0.2, 0.25) is 0 Å². The zero-order valence-corrected chi connectivity index (χ0v) is 11.3. The number of carbonyl (C=O) groups is 2. The molecule has 5 nitrogen and oxygen atoms in total. The quantitative estimate of drug-likeness (QED) is 0.850. The summed E-state index contributed by atoms with van der Waals surface area (Å²) in [5.41, 5.74) is 6.27. The molecule has 1 aromatic carbocycles. The summed E-state index contributed by atoms with van der Waals surface area (Å²) in [6, 6.07) is 9.84. The van der Waals surface area contributed by atoms with Crippen LogP contribution in [-0.4, -0.2) is 16.8 Å². The molecule has 0 atom stereocenters. The second-order valence-corrected chi connectivity index (χ2v) is 4.55. The Hall–Kier alpha value is -2.21. The summed E-state index contributed by atoms with van der Waals surface area (Å²) in [4.78, 5) is 27.2. The van der Waals surface area contributed by atoms with Crippen LogP contribution in [0.5, 0.6) is 0 Å². The molecule has 2 amide bonds. The fourth-order valence-electron chi connectivity index (χ4n) is 1.51. The maximum atomic E-state index is 12.0. The van der Waals surface area contributed by atoms with Gasteiger partial charge in [0, 0.05) is 6.20 Å². The summed E-state index contributed by atoms with van der Waals surface area (Å²) in [5, 5.41) is 2.63. The molecule has 0 aliphatic rings. The number of hydrogen-bond donors (Lipinski definition) is 2. The van der Waals surface area contributed by atoms with Crippen molar-refractivity contribution in [2.45, 2.75) is 0 Å². The van der Waals surface area contributed by atoms with Gasteiger partial charge < -0.3 is 11.1 Å². The van der Waals surface area contributed by atoms with Crippen LogP contribution in [0.25, 0.3) is 0 Å². The van der Waals surface area contributed by atoms with Crippen molar-refractivity contribution in [1.29, 1.82) is 0 Å². The minimum atomic E-state index is -0.593. The molecule has 0 radical (unpaired) electrons. The number of benzene rings is 1. The van der Waals surface area contributed by atoms with Crippen molar-refractivity contribution >= 4 is 33.4 Å². The first kappa shape index (κ1) is 13.2. The zero-order valence-electron chi connectivity index (χ0n) is 9.76. The highest BCUT2D eigenvalue weighted by Crippen LogP contribution is 2.16. The first-order valence-corrected chi connectivity index (χ1v) is 6.19. The molecular formula is C13H10BrN3O2. The highest BCUT2D eigenvalue weighted by Gasteiger charge is 2.11. The van der Waals surface area contributed by atoms with Gasteiger partial charge in [0.1, 0.15) is 4.60 Å². The molecule has 0 aliphatic heterocycles.